The van der Waals surface area contributed by atoms with E-state index in [9.17, 15) is 4.79 Å². The number of amides is 1. The molecule has 0 radical (unpaired) electrons. The Hall–Kier alpha value is -1.39. The molecular formula is C15H24N2O2. The fourth-order valence-corrected chi connectivity index (χ4v) is 1.89. The molecule has 0 aromatic heterocycles. The summed E-state index contributed by atoms with van der Waals surface area (Å²) in [4.78, 5) is 12.0. The van der Waals surface area contributed by atoms with Crippen LogP contribution in [0.5, 0.6) is 0 Å². The van der Waals surface area contributed by atoms with Crippen molar-refractivity contribution in [2.45, 2.75) is 26.3 Å². The van der Waals surface area contributed by atoms with Gasteiger partial charge in [-0.15, -0.1) is 0 Å². The van der Waals surface area contributed by atoms with Gasteiger partial charge in [-0.3, -0.25) is 4.79 Å². The van der Waals surface area contributed by atoms with Crippen LogP contribution in [-0.4, -0.2) is 24.2 Å². The number of nitrogens with two attached hydrogens (primary N) is 1. The van der Waals surface area contributed by atoms with Crippen LogP contribution in [0, 0.1) is 11.8 Å². The van der Waals surface area contributed by atoms with E-state index in [1.165, 1.54) is 0 Å². The third kappa shape index (κ3) is 5.01. The summed E-state index contributed by atoms with van der Waals surface area (Å²) in [6.07, 6.45) is 0.694. The zero-order valence-corrected chi connectivity index (χ0v) is 11.7. The minimum Gasteiger partial charge on any atom is -0.396 e. The number of aliphatic hydroxyl groups is 1. The Morgan fingerprint density at radius 2 is 1.95 bits per heavy atom. The summed E-state index contributed by atoms with van der Waals surface area (Å²) < 4.78 is 0. The summed E-state index contributed by atoms with van der Waals surface area (Å²) in [7, 11) is 0. The number of aliphatic hydroxyl groups excluding tert-OH is 1. The average molecular weight is 264 g/mol. The predicted octanol–water partition coefficient (Wildman–Crippen LogP) is 1.46. The molecule has 4 heteroatoms. The number of hydrogen-bond donors (Lipinski definition) is 3. The molecule has 4 N–H and O–H groups in total. The summed E-state index contributed by atoms with van der Waals surface area (Å²) in [5, 5.41) is 11.7. The summed E-state index contributed by atoms with van der Waals surface area (Å²) in [6.45, 7) is 4.56. The fraction of sp³-hybridized carbons (Fsp3) is 0.533. The molecule has 0 aliphatic heterocycles. The lowest BCUT2D eigenvalue weighted by molar-refractivity contribution is -0.125. The van der Waals surface area contributed by atoms with Crippen LogP contribution in [0.2, 0.25) is 0 Å². The van der Waals surface area contributed by atoms with Crippen molar-refractivity contribution < 1.29 is 9.90 Å². The van der Waals surface area contributed by atoms with Gasteiger partial charge >= 0.3 is 0 Å². The van der Waals surface area contributed by atoms with E-state index >= 15 is 0 Å². The zero-order valence-electron chi connectivity index (χ0n) is 11.7. The lowest BCUT2D eigenvalue weighted by Crippen LogP contribution is -2.37. The number of rotatable bonds is 7. The molecular weight excluding hydrogens is 240 g/mol. The minimum absolute atomic E-state index is 0.0406. The van der Waals surface area contributed by atoms with Gasteiger partial charge in [0.2, 0.25) is 5.91 Å². The second kappa shape index (κ2) is 7.92. The van der Waals surface area contributed by atoms with E-state index in [2.05, 4.69) is 5.32 Å². The molecule has 1 amide bonds. The Morgan fingerprint density at radius 3 is 2.53 bits per heavy atom. The Morgan fingerprint density at radius 1 is 1.32 bits per heavy atom. The highest BCUT2D eigenvalue weighted by atomic mass is 16.3. The summed E-state index contributed by atoms with van der Waals surface area (Å²) in [6, 6.07) is 9.34. The van der Waals surface area contributed by atoms with Crippen LogP contribution in [0.25, 0.3) is 0 Å². The first kappa shape index (κ1) is 15.7. The lowest BCUT2D eigenvalue weighted by atomic mass is 9.94. The summed E-state index contributed by atoms with van der Waals surface area (Å²) >= 11 is 0. The molecule has 0 heterocycles. The quantitative estimate of drug-likeness (QED) is 0.698. The highest BCUT2D eigenvalue weighted by Crippen LogP contribution is 2.19. The van der Waals surface area contributed by atoms with Gasteiger partial charge in [-0.1, -0.05) is 44.2 Å². The van der Waals surface area contributed by atoms with Gasteiger partial charge in [0, 0.05) is 19.2 Å². The van der Waals surface area contributed by atoms with E-state index in [1.807, 2.05) is 44.2 Å². The van der Waals surface area contributed by atoms with Gasteiger partial charge in [-0.25, -0.2) is 0 Å². The standard InChI is InChI=1S/C15H24N2O2/c1-11(8-9-18)10-17-15(19)12(2)14(16)13-6-4-3-5-7-13/h3-7,11-12,14,18H,8-10,16H2,1-2H3,(H,17,19). The third-order valence-electron chi connectivity index (χ3n) is 3.38. The normalized spacial score (nSPS) is 15.6. The molecule has 0 fully saturated rings. The predicted molar refractivity (Wildman–Crippen MR) is 76.4 cm³/mol. The molecule has 0 bridgehead atoms. The Bertz CT molecular complexity index is 381. The SMILES string of the molecule is CC(CCO)CNC(=O)C(C)C(N)c1ccccc1. The van der Waals surface area contributed by atoms with Gasteiger partial charge in [0.1, 0.15) is 0 Å². The van der Waals surface area contributed by atoms with Crippen molar-refractivity contribution in [1.82, 2.24) is 5.32 Å². The van der Waals surface area contributed by atoms with Crippen molar-refractivity contribution in [2.75, 3.05) is 13.2 Å². The summed E-state index contributed by atoms with van der Waals surface area (Å²) in [5.74, 6) is -0.0426. The maximum absolute atomic E-state index is 12.0. The Labute approximate surface area is 115 Å². The first-order valence-electron chi connectivity index (χ1n) is 6.75. The molecule has 0 spiro atoms. The molecule has 0 aliphatic carbocycles. The fourth-order valence-electron chi connectivity index (χ4n) is 1.89. The van der Waals surface area contributed by atoms with E-state index in [0.29, 0.717) is 13.0 Å². The molecule has 3 unspecified atom stereocenters. The van der Waals surface area contributed by atoms with Gasteiger partial charge in [0.25, 0.3) is 0 Å². The van der Waals surface area contributed by atoms with Crippen LogP contribution in [0.3, 0.4) is 0 Å². The molecule has 19 heavy (non-hydrogen) atoms. The molecule has 1 aromatic carbocycles. The Kier molecular flexibility index (Phi) is 6.53. The second-order valence-electron chi connectivity index (χ2n) is 5.09. The average Bonchev–Trinajstić information content (AvgIpc) is 2.44. The smallest absolute Gasteiger partial charge is 0.224 e. The highest BCUT2D eigenvalue weighted by molar-refractivity contribution is 5.79. The molecule has 0 saturated heterocycles. The molecule has 3 atom stereocenters. The van der Waals surface area contributed by atoms with Crippen LogP contribution in [0.4, 0.5) is 0 Å². The minimum atomic E-state index is -0.297. The zero-order chi connectivity index (χ0) is 14.3. The third-order valence-corrected chi connectivity index (χ3v) is 3.38. The number of carbonyl (C=O) groups is 1. The van der Waals surface area contributed by atoms with Crippen molar-refractivity contribution in [3.05, 3.63) is 35.9 Å². The molecule has 0 saturated carbocycles. The molecule has 106 valence electrons. The van der Waals surface area contributed by atoms with E-state index < -0.39 is 0 Å². The second-order valence-corrected chi connectivity index (χ2v) is 5.09. The maximum Gasteiger partial charge on any atom is 0.224 e. The monoisotopic (exact) mass is 264 g/mol. The molecule has 1 rings (SSSR count). The first-order chi connectivity index (χ1) is 9.06. The van der Waals surface area contributed by atoms with Gasteiger partial charge in [0.15, 0.2) is 0 Å². The van der Waals surface area contributed by atoms with Crippen LogP contribution in [0.1, 0.15) is 31.9 Å². The van der Waals surface area contributed by atoms with Gasteiger partial charge < -0.3 is 16.2 Å². The number of benzene rings is 1. The van der Waals surface area contributed by atoms with E-state index in [0.717, 1.165) is 5.56 Å². The summed E-state index contributed by atoms with van der Waals surface area (Å²) in [5.41, 5.74) is 7.07. The first-order valence-corrected chi connectivity index (χ1v) is 6.75. The molecule has 4 nitrogen and oxygen atoms in total. The topological polar surface area (TPSA) is 75.3 Å². The van der Waals surface area contributed by atoms with E-state index in [-0.39, 0.29) is 30.4 Å². The maximum atomic E-state index is 12.0. The molecule has 0 aliphatic rings. The van der Waals surface area contributed by atoms with Gasteiger partial charge in [-0.2, -0.15) is 0 Å². The lowest BCUT2D eigenvalue weighted by Gasteiger charge is -2.21. The van der Waals surface area contributed by atoms with Crippen molar-refractivity contribution >= 4 is 5.91 Å². The van der Waals surface area contributed by atoms with Crippen molar-refractivity contribution in [1.29, 1.82) is 0 Å². The van der Waals surface area contributed by atoms with Crippen LogP contribution >= 0.6 is 0 Å². The largest absolute Gasteiger partial charge is 0.396 e. The van der Waals surface area contributed by atoms with Crippen molar-refractivity contribution in [3.63, 3.8) is 0 Å². The number of nitrogens with one attached hydrogen (secondary N) is 1. The number of carbonyl (C=O) groups excluding carboxylic acids is 1. The Balaban J connectivity index is 2.48. The van der Waals surface area contributed by atoms with Crippen LogP contribution in [-0.2, 0) is 4.79 Å². The van der Waals surface area contributed by atoms with Gasteiger partial charge in [0.05, 0.1) is 5.92 Å². The van der Waals surface area contributed by atoms with Crippen molar-refractivity contribution in [2.24, 2.45) is 17.6 Å². The number of hydrogen-bond acceptors (Lipinski definition) is 3. The highest BCUT2D eigenvalue weighted by Gasteiger charge is 2.22. The van der Waals surface area contributed by atoms with Crippen molar-refractivity contribution in [3.8, 4) is 0 Å². The van der Waals surface area contributed by atoms with Crippen LogP contribution in [0.15, 0.2) is 30.3 Å². The van der Waals surface area contributed by atoms with E-state index in [4.69, 9.17) is 10.8 Å². The van der Waals surface area contributed by atoms with Crippen LogP contribution < -0.4 is 11.1 Å². The van der Waals surface area contributed by atoms with Gasteiger partial charge in [-0.05, 0) is 17.9 Å². The molecule has 1 aromatic rings. The van der Waals surface area contributed by atoms with E-state index in [1.54, 1.807) is 0 Å².